The van der Waals surface area contributed by atoms with E-state index in [1.807, 2.05) is 0 Å². The number of hydrogen-bond acceptors (Lipinski definition) is 5. The van der Waals surface area contributed by atoms with Gasteiger partial charge in [0.05, 0.1) is 4.90 Å². The minimum atomic E-state index is -3.81. The first-order chi connectivity index (χ1) is 6.95. The molecule has 0 heterocycles. The molecule has 7 heteroatoms. The molecule has 15 heavy (non-hydrogen) atoms. The van der Waals surface area contributed by atoms with Gasteiger partial charge in [0.2, 0.25) is 9.84 Å². The van der Waals surface area contributed by atoms with Crippen LogP contribution in [0.15, 0.2) is 29.2 Å². The molecule has 1 aromatic carbocycles. The molecule has 0 radical (unpaired) electrons. The average Bonchev–Trinajstić information content (AvgIpc) is 2.16. The number of hydrogen-bond donors (Lipinski definition) is 1. The van der Waals surface area contributed by atoms with Crippen molar-refractivity contribution in [3.8, 4) is 0 Å². The number of nitrogens with zero attached hydrogens (tertiary/aromatic N) is 1. The molecule has 0 aromatic heterocycles. The molecule has 0 amide bonds. The summed E-state index contributed by atoms with van der Waals surface area (Å²) >= 11 is 0. The summed E-state index contributed by atoms with van der Waals surface area (Å²) in [6.45, 7) is 0. The second-order valence-electron chi connectivity index (χ2n) is 2.85. The van der Waals surface area contributed by atoms with Crippen molar-refractivity contribution in [1.82, 2.24) is 0 Å². The lowest BCUT2D eigenvalue weighted by atomic mass is 10.3. The SMILES string of the molecule is CNc1ccc(S(=O)(=O)C[N+](=O)[O-])cc1. The van der Waals surface area contributed by atoms with Crippen LogP contribution in [0.5, 0.6) is 0 Å². The molecule has 1 aromatic rings. The molecule has 0 aliphatic rings. The maximum absolute atomic E-state index is 11.4. The second kappa shape index (κ2) is 4.26. The highest BCUT2D eigenvalue weighted by Gasteiger charge is 2.20. The highest BCUT2D eigenvalue weighted by molar-refractivity contribution is 7.91. The Morgan fingerprint density at radius 3 is 2.27 bits per heavy atom. The molecule has 0 fully saturated rings. The van der Waals surface area contributed by atoms with Gasteiger partial charge in [-0.2, -0.15) is 0 Å². The van der Waals surface area contributed by atoms with Gasteiger partial charge in [0.25, 0.3) is 0 Å². The first-order valence-corrected chi connectivity index (χ1v) is 5.73. The van der Waals surface area contributed by atoms with E-state index in [9.17, 15) is 18.5 Å². The molecule has 0 atom stereocenters. The van der Waals surface area contributed by atoms with E-state index < -0.39 is 20.6 Å². The molecule has 0 bridgehead atoms. The Bertz CT molecular complexity index is 452. The van der Waals surface area contributed by atoms with E-state index in [1.54, 1.807) is 19.2 Å². The van der Waals surface area contributed by atoms with Crippen molar-refractivity contribution >= 4 is 15.5 Å². The predicted octanol–water partition coefficient (Wildman–Crippen LogP) is 0.736. The fourth-order valence-corrected chi connectivity index (χ4v) is 2.02. The van der Waals surface area contributed by atoms with Gasteiger partial charge in [0, 0.05) is 17.7 Å². The summed E-state index contributed by atoms with van der Waals surface area (Å²) in [5.41, 5.74) is 0.745. The Morgan fingerprint density at radius 2 is 1.87 bits per heavy atom. The van der Waals surface area contributed by atoms with Crippen molar-refractivity contribution in [2.24, 2.45) is 0 Å². The van der Waals surface area contributed by atoms with E-state index in [0.717, 1.165) is 5.69 Å². The van der Waals surface area contributed by atoms with Crippen LogP contribution in [0.2, 0.25) is 0 Å². The molecule has 0 spiro atoms. The van der Waals surface area contributed by atoms with Crippen molar-refractivity contribution in [3.05, 3.63) is 34.4 Å². The third-order valence-corrected chi connectivity index (χ3v) is 3.32. The highest BCUT2D eigenvalue weighted by atomic mass is 32.2. The fraction of sp³-hybridized carbons (Fsp3) is 0.250. The summed E-state index contributed by atoms with van der Waals surface area (Å²) in [7, 11) is -2.12. The van der Waals surface area contributed by atoms with Gasteiger partial charge in [0.1, 0.15) is 0 Å². The van der Waals surface area contributed by atoms with Gasteiger partial charge in [-0.05, 0) is 24.3 Å². The lowest BCUT2D eigenvalue weighted by molar-refractivity contribution is -0.458. The van der Waals surface area contributed by atoms with Crippen LogP contribution in [0.4, 0.5) is 5.69 Å². The van der Waals surface area contributed by atoms with Crippen LogP contribution in [-0.2, 0) is 9.84 Å². The van der Waals surface area contributed by atoms with Crippen LogP contribution in [-0.4, -0.2) is 26.3 Å². The van der Waals surface area contributed by atoms with E-state index in [-0.39, 0.29) is 4.90 Å². The zero-order valence-corrected chi connectivity index (χ0v) is 8.82. The van der Waals surface area contributed by atoms with Crippen molar-refractivity contribution in [1.29, 1.82) is 0 Å². The summed E-state index contributed by atoms with van der Waals surface area (Å²) < 4.78 is 22.8. The molecule has 0 saturated heterocycles. The van der Waals surface area contributed by atoms with Gasteiger partial charge in [0.15, 0.2) is 0 Å². The lowest BCUT2D eigenvalue weighted by Crippen LogP contribution is -2.14. The van der Waals surface area contributed by atoms with Gasteiger partial charge in [-0.3, -0.25) is 10.1 Å². The van der Waals surface area contributed by atoms with Gasteiger partial charge in [-0.1, -0.05) is 0 Å². The predicted molar refractivity (Wildman–Crippen MR) is 55.0 cm³/mol. The fourth-order valence-electron chi connectivity index (χ4n) is 1.04. The van der Waals surface area contributed by atoms with E-state index in [4.69, 9.17) is 0 Å². The minimum Gasteiger partial charge on any atom is -0.388 e. The van der Waals surface area contributed by atoms with Crippen molar-refractivity contribution in [2.45, 2.75) is 4.90 Å². The maximum Gasteiger partial charge on any atom is 0.305 e. The molecule has 82 valence electrons. The summed E-state index contributed by atoms with van der Waals surface area (Å²) in [4.78, 5) is 9.22. The minimum absolute atomic E-state index is 0.0433. The second-order valence-corrected chi connectivity index (χ2v) is 4.81. The molecule has 0 aliphatic carbocycles. The van der Waals surface area contributed by atoms with E-state index in [0.29, 0.717) is 0 Å². The standard InChI is InChI=1S/C8H10N2O4S/c1-9-7-2-4-8(5-3-7)15(13,14)6-10(11)12/h2-5,9H,6H2,1H3. The van der Waals surface area contributed by atoms with Crippen LogP contribution in [0.1, 0.15) is 0 Å². The van der Waals surface area contributed by atoms with E-state index in [2.05, 4.69) is 5.32 Å². The number of nitrogens with one attached hydrogen (secondary N) is 1. The molecule has 0 aliphatic heterocycles. The molecular weight excluding hydrogens is 220 g/mol. The van der Waals surface area contributed by atoms with E-state index >= 15 is 0 Å². The Balaban J connectivity index is 3.01. The first kappa shape index (κ1) is 11.4. The largest absolute Gasteiger partial charge is 0.388 e. The number of benzene rings is 1. The summed E-state index contributed by atoms with van der Waals surface area (Å²) in [6, 6.07) is 5.77. The van der Waals surface area contributed by atoms with Crippen molar-refractivity contribution < 1.29 is 13.3 Å². The number of anilines is 1. The van der Waals surface area contributed by atoms with Gasteiger partial charge < -0.3 is 5.32 Å². The number of nitro groups is 1. The van der Waals surface area contributed by atoms with Gasteiger partial charge >= 0.3 is 5.88 Å². The van der Waals surface area contributed by atoms with E-state index in [1.165, 1.54) is 12.1 Å². The zero-order valence-electron chi connectivity index (χ0n) is 8.00. The average molecular weight is 230 g/mol. The van der Waals surface area contributed by atoms with Gasteiger partial charge in [-0.15, -0.1) is 0 Å². The molecule has 1 rings (SSSR count). The molecule has 0 saturated carbocycles. The van der Waals surface area contributed by atoms with Crippen molar-refractivity contribution in [2.75, 3.05) is 18.2 Å². The Labute approximate surface area is 87.0 Å². The third kappa shape index (κ3) is 2.91. The van der Waals surface area contributed by atoms with Gasteiger partial charge in [-0.25, -0.2) is 8.42 Å². The zero-order chi connectivity index (χ0) is 11.5. The normalized spacial score (nSPS) is 11.0. The maximum atomic E-state index is 11.4. The molecule has 1 N–H and O–H groups in total. The van der Waals surface area contributed by atoms with Crippen LogP contribution in [0.3, 0.4) is 0 Å². The topological polar surface area (TPSA) is 89.3 Å². The van der Waals surface area contributed by atoms with Crippen LogP contribution < -0.4 is 5.32 Å². The summed E-state index contributed by atoms with van der Waals surface area (Å²) in [5.74, 6) is -1.08. The van der Waals surface area contributed by atoms with Crippen molar-refractivity contribution in [3.63, 3.8) is 0 Å². The first-order valence-electron chi connectivity index (χ1n) is 4.08. The third-order valence-electron chi connectivity index (χ3n) is 1.78. The lowest BCUT2D eigenvalue weighted by Gasteiger charge is -2.02. The Kier molecular flexibility index (Phi) is 3.25. The smallest absolute Gasteiger partial charge is 0.305 e. The highest BCUT2D eigenvalue weighted by Crippen LogP contribution is 2.14. The summed E-state index contributed by atoms with van der Waals surface area (Å²) in [6.07, 6.45) is 0. The number of sulfone groups is 1. The Hall–Kier alpha value is -1.63. The monoisotopic (exact) mass is 230 g/mol. The number of rotatable bonds is 4. The molecule has 0 unspecified atom stereocenters. The quantitative estimate of drug-likeness (QED) is 0.608. The van der Waals surface area contributed by atoms with Crippen LogP contribution in [0.25, 0.3) is 0 Å². The Morgan fingerprint density at radius 1 is 1.33 bits per heavy atom. The van der Waals surface area contributed by atoms with Crippen LogP contribution in [0, 0.1) is 10.1 Å². The summed E-state index contributed by atoms with van der Waals surface area (Å²) in [5, 5.41) is 12.9. The van der Waals surface area contributed by atoms with Crippen LogP contribution >= 0.6 is 0 Å². The molecule has 6 nitrogen and oxygen atoms in total. The molecular formula is C8H10N2O4S.